The highest BCUT2D eigenvalue weighted by Crippen LogP contribution is 2.44. The Kier molecular flexibility index (Phi) is 8.40. The maximum atomic E-state index is 2.45. The second-order valence-corrected chi connectivity index (χ2v) is 14.3. The molecule has 1 aliphatic heterocycles. The minimum atomic E-state index is -1.54. The first-order valence-corrected chi connectivity index (χ1v) is 17.8. The first kappa shape index (κ1) is 31.6. The second-order valence-electron chi connectivity index (χ2n) is 14.3. The fourth-order valence-corrected chi connectivity index (χ4v) is 8.66. The minimum Gasteiger partial charge on any atom is -0.508 e. The topological polar surface area (TPSA) is 0 Å². The quantitative estimate of drug-likeness (QED) is 0.152. The van der Waals surface area contributed by atoms with Gasteiger partial charge in [0.2, 0.25) is 0 Å². The van der Waals surface area contributed by atoms with Crippen molar-refractivity contribution in [2.75, 3.05) is 20.6 Å². The van der Waals surface area contributed by atoms with E-state index in [2.05, 4.69) is 208 Å². The summed E-state index contributed by atoms with van der Waals surface area (Å²) < 4.78 is 0.849. The number of rotatable bonds is 7. The average molecular weight is 644 g/mol. The zero-order valence-electron chi connectivity index (χ0n) is 28.9. The van der Waals surface area contributed by atoms with Crippen molar-refractivity contribution in [3.05, 3.63) is 205 Å². The molecule has 0 atom stereocenters. The maximum absolute atomic E-state index is 2.45. The van der Waals surface area contributed by atoms with E-state index in [1.807, 2.05) is 0 Å². The van der Waals surface area contributed by atoms with E-state index in [0.29, 0.717) is 0 Å². The molecule has 7 aromatic rings. The van der Waals surface area contributed by atoms with Gasteiger partial charge in [-0.15, -0.1) is 16.4 Å². The molecule has 1 heterocycles. The zero-order valence-corrected chi connectivity index (χ0v) is 28.9. The Labute approximate surface area is 297 Å². The van der Waals surface area contributed by atoms with Crippen LogP contribution in [0.4, 0.5) is 0 Å². The smallest absolute Gasteiger partial charge is 0.291 e. The van der Waals surface area contributed by atoms with Gasteiger partial charge in [0.05, 0.1) is 0 Å². The van der Waals surface area contributed by atoms with Crippen LogP contribution in [0.1, 0.15) is 17.5 Å². The SMILES string of the molecule is C[N+]1(C)CCC(c2ccccc2)=C(c2ccc(-c3ccccc3)cc2)[B-]1(c1ccc(-c2ccccc2)cc1)c1ccc(-c2ccccc2)cc1. The Morgan fingerprint density at radius 2 is 0.640 bits per heavy atom. The molecule has 0 saturated heterocycles. The fourth-order valence-electron chi connectivity index (χ4n) is 8.66. The van der Waals surface area contributed by atoms with Crippen molar-refractivity contribution in [1.82, 2.24) is 0 Å². The predicted octanol–water partition coefficient (Wildman–Crippen LogP) is 10.4. The first-order chi connectivity index (χ1) is 24.5. The monoisotopic (exact) mass is 643 g/mol. The Balaban J connectivity index is 1.41. The largest absolute Gasteiger partial charge is 0.508 e. The molecule has 0 fully saturated rings. The van der Waals surface area contributed by atoms with Crippen LogP contribution < -0.4 is 10.9 Å². The average Bonchev–Trinajstić information content (AvgIpc) is 3.19. The molecule has 0 radical (unpaired) electrons. The zero-order chi connectivity index (χ0) is 34.0. The number of hydrogen-bond acceptors (Lipinski definition) is 0. The molecule has 0 spiro atoms. The predicted molar refractivity (Wildman–Crippen MR) is 216 cm³/mol. The molecule has 7 aromatic carbocycles. The normalized spacial score (nSPS) is 15.1. The molecule has 0 N–H and O–H groups in total. The molecule has 1 aliphatic rings. The molecule has 242 valence electrons. The molecule has 0 bridgehead atoms. The van der Waals surface area contributed by atoms with E-state index in [1.165, 1.54) is 66.5 Å². The van der Waals surface area contributed by atoms with Crippen LogP contribution in [-0.2, 0) is 0 Å². The lowest BCUT2D eigenvalue weighted by Gasteiger charge is -2.61. The summed E-state index contributed by atoms with van der Waals surface area (Å²) in [7, 11) is 4.91. The summed E-state index contributed by atoms with van der Waals surface area (Å²) in [6, 6.07) is 71.6. The number of hydrogen-bond donors (Lipinski definition) is 0. The molecule has 0 saturated carbocycles. The maximum Gasteiger partial charge on any atom is 0.291 e. The molecule has 50 heavy (non-hydrogen) atoms. The van der Waals surface area contributed by atoms with Crippen molar-refractivity contribution < 1.29 is 4.39 Å². The van der Waals surface area contributed by atoms with Gasteiger partial charge in [-0.1, -0.05) is 205 Å². The van der Waals surface area contributed by atoms with Crippen LogP contribution in [-0.4, -0.2) is 31.3 Å². The van der Waals surface area contributed by atoms with Gasteiger partial charge in [0, 0.05) is 27.1 Å². The first-order valence-electron chi connectivity index (χ1n) is 17.8. The summed E-state index contributed by atoms with van der Waals surface area (Å²) in [4.78, 5) is 0. The summed E-state index contributed by atoms with van der Waals surface area (Å²) in [5, 5.41) is 0. The third-order valence-corrected chi connectivity index (χ3v) is 11.2. The molecule has 0 aliphatic carbocycles. The van der Waals surface area contributed by atoms with Crippen LogP contribution in [0, 0.1) is 0 Å². The molecule has 8 rings (SSSR count). The van der Waals surface area contributed by atoms with Gasteiger partial charge in [0.25, 0.3) is 6.28 Å². The van der Waals surface area contributed by atoms with Crippen LogP contribution >= 0.6 is 0 Å². The van der Waals surface area contributed by atoms with Gasteiger partial charge in [-0.3, -0.25) is 0 Å². The summed E-state index contributed by atoms with van der Waals surface area (Å²) in [5.74, 6) is 0. The molecule has 0 amide bonds. The van der Waals surface area contributed by atoms with E-state index < -0.39 is 6.28 Å². The lowest BCUT2D eigenvalue weighted by atomic mass is 9.19. The van der Waals surface area contributed by atoms with E-state index in [-0.39, 0.29) is 0 Å². The van der Waals surface area contributed by atoms with E-state index in [0.717, 1.165) is 17.4 Å². The van der Waals surface area contributed by atoms with Gasteiger partial charge in [-0.2, -0.15) is 0 Å². The fraction of sp³-hybridized carbons (Fsp3) is 0.0833. The summed E-state index contributed by atoms with van der Waals surface area (Å²) >= 11 is 0. The standard InChI is InChI=1S/C48H42BN/c1-50(2)36-35-47(43-21-13-6-14-22-43)48(44-25-23-40(24-26-44)37-15-7-3-8-16-37)49(50,45-31-27-41(28-32-45)38-17-9-4-10-18-38)46-33-29-42(30-34-46)39-19-11-5-12-20-39/h3-34H,35-36H2,1-2H3. The summed E-state index contributed by atoms with van der Waals surface area (Å²) in [6.45, 7) is 1.02. The Hall–Kier alpha value is -5.70. The van der Waals surface area contributed by atoms with Crippen molar-refractivity contribution in [3.8, 4) is 33.4 Å². The summed E-state index contributed by atoms with van der Waals surface area (Å²) in [5.41, 5.74) is 15.6. The van der Waals surface area contributed by atoms with Crippen LogP contribution in [0.15, 0.2) is 194 Å². The third kappa shape index (κ3) is 5.62. The van der Waals surface area contributed by atoms with Crippen LogP contribution in [0.5, 0.6) is 0 Å². The lowest BCUT2D eigenvalue weighted by Crippen LogP contribution is -2.79. The van der Waals surface area contributed by atoms with Crippen molar-refractivity contribution in [1.29, 1.82) is 0 Å². The Morgan fingerprint density at radius 3 is 1.02 bits per heavy atom. The lowest BCUT2D eigenvalue weighted by molar-refractivity contribution is -0.786. The number of nitrogens with zero attached hydrogens (tertiary/aromatic N) is 1. The van der Waals surface area contributed by atoms with Crippen molar-refractivity contribution in [2.45, 2.75) is 6.42 Å². The van der Waals surface area contributed by atoms with Crippen molar-refractivity contribution in [2.24, 2.45) is 0 Å². The van der Waals surface area contributed by atoms with E-state index >= 15 is 0 Å². The molecule has 2 heteroatoms. The molecular weight excluding hydrogens is 601 g/mol. The summed E-state index contributed by atoms with van der Waals surface area (Å²) in [6.07, 6.45) is -0.536. The van der Waals surface area contributed by atoms with E-state index in [4.69, 9.17) is 0 Å². The molecular formula is C48H42BN. The molecule has 0 unspecified atom stereocenters. The van der Waals surface area contributed by atoms with E-state index in [9.17, 15) is 0 Å². The van der Waals surface area contributed by atoms with E-state index in [1.54, 1.807) is 0 Å². The molecule has 0 aromatic heterocycles. The van der Waals surface area contributed by atoms with Crippen molar-refractivity contribution in [3.63, 3.8) is 0 Å². The minimum absolute atomic E-state index is 0.849. The highest BCUT2D eigenvalue weighted by molar-refractivity contribution is 7.11. The van der Waals surface area contributed by atoms with Gasteiger partial charge in [-0.25, -0.2) is 0 Å². The number of benzene rings is 7. The third-order valence-electron chi connectivity index (χ3n) is 11.2. The highest BCUT2D eigenvalue weighted by atomic mass is 15.3. The van der Waals surface area contributed by atoms with Crippen LogP contribution in [0.2, 0.25) is 0 Å². The van der Waals surface area contributed by atoms with Gasteiger partial charge in [0.15, 0.2) is 0 Å². The van der Waals surface area contributed by atoms with Crippen molar-refractivity contribution >= 4 is 28.3 Å². The van der Waals surface area contributed by atoms with Crippen LogP contribution in [0.3, 0.4) is 0 Å². The van der Waals surface area contributed by atoms with Gasteiger partial charge in [0.1, 0.15) is 0 Å². The number of quaternary nitrogens is 1. The highest BCUT2D eigenvalue weighted by Gasteiger charge is 2.51. The second kappa shape index (κ2) is 13.3. The van der Waals surface area contributed by atoms with Gasteiger partial charge < -0.3 is 4.39 Å². The van der Waals surface area contributed by atoms with Gasteiger partial charge in [-0.05, 0) is 38.9 Å². The Bertz CT molecular complexity index is 2140. The molecule has 1 nitrogen and oxygen atoms in total. The Morgan fingerprint density at radius 1 is 0.340 bits per heavy atom. The van der Waals surface area contributed by atoms with Gasteiger partial charge >= 0.3 is 0 Å². The van der Waals surface area contributed by atoms with Crippen LogP contribution in [0.25, 0.3) is 44.4 Å².